The summed E-state index contributed by atoms with van der Waals surface area (Å²) in [4.78, 5) is 11.5. The fourth-order valence-corrected chi connectivity index (χ4v) is 1.79. The van der Waals surface area contributed by atoms with Crippen LogP contribution in [0.4, 0.5) is 0 Å². The molecule has 3 heteroatoms. The van der Waals surface area contributed by atoms with E-state index in [1.54, 1.807) is 6.26 Å². The van der Waals surface area contributed by atoms with Gasteiger partial charge in [-0.3, -0.25) is 4.79 Å². The second-order valence-corrected chi connectivity index (χ2v) is 3.40. The highest BCUT2D eigenvalue weighted by molar-refractivity contribution is 5.99. The Kier molecular flexibility index (Phi) is 1.96. The van der Waals surface area contributed by atoms with Gasteiger partial charge in [-0.05, 0) is 6.42 Å². The average molecular weight is 180 g/mol. The number of rotatable bonds is 1. The van der Waals surface area contributed by atoms with Gasteiger partial charge in [0.25, 0.3) is 0 Å². The smallest absolute Gasteiger partial charge is 0.169 e. The fraction of sp³-hybridized carbons (Fsp3) is 0.500. The van der Waals surface area contributed by atoms with E-state index < -0.39 is 6.10 Å². The summed E-state index contributed by atoms with van der Waals surface area (Å²) in [5.41, 5.74) is 1.68. The summed E-state index contributed by atoms with van der Waals surface area (Å²) in [5.74, 6) is 0.667. The van der Waals surface area contributed by atoms with E-state index in [0.29, 0.717) is 17.7 Å². The van der Waals surface area contributed by atoms with Crippen LogP contribution in [0.25, 0.3) is 0 Å². The molecule has 1 atom stereocenters. The molecule has 0 fully saturated rings. The maximum Gasteiger partial charge on any atom is 0.169 e. The summed E-state index contributed by atoms with van der Waals surface area (Å²) in [6, 6.07) is 0. The van der Waals surface area contributed by atoms with Gasteiger partial charge in [-0.2, -0.15) is 0 Å². The van der Waals surface area contributed by atoms with Crippen LogP contribution in [0.3, 0.4) is 0 Å². The van der Waals surface area contributed by atoms with E-state index in [2.05, 4.69) is 0 Å². The molecule has 1 unspecified atom stereocenters. The average Bonchev–Trinajstić information content (AvgIpc) is 2.47. The molecule has 0 radical (unpaired) electrons. The van der Waals surface area contributed by atoms with Crippen LogP contribution in [0.2, 0.25) is 0 Å². The summed E-state index contributed by atoms with van der Waals surface area (Å²) in [6.45, 7) is 1.99. The van der Waals surface area contributed by atoms with E-state index in [1.807, 2.05) is 6.92 Å². The van der Waals surface area contributed by atoms with Gasteiger partial charge in [0, 0.05) is 18.4 Å². The number of hydrogen-bond donors (Lipinski definition) is 1. The van der Waals surface area contributed by atoms with Crippen LogP contribution in [0.15, 0.2) is 10.7 Å². The van der Waals surface area contributed by atoms with Crippen LogP contribution >= 0.6 is 0 Å². The van der Waals surface area contributed by atoms with Crippen molar-refractivity contribution in [3.63, 3.8) is 0 Å². The number of fused-ring (bicyclic) bond motifs is 1. The largest absolute Gasteiger partial charge is 0.468 e. The maximum absolute atomic E-state index is 11.5. The van der Waals surface area contributed by atoms with Crippen LogP contribution in [-0.4, -0.2) is 17.0 Å². The van der Waals surface area contributed by atoms with Crippen molar-refractivity contribution >= 4 is 5.78 Å². The Hall–Kier alpha value is -1.09. The van der Waals surface area contributed by atoms with E-state index in [1.165, 1.54) is 0 Å². The molecule has 3 nitrogen and oxygen atoms in total. The number of furan rings is 1. The second kappa shape index (κ2) is 3.00. The summed E-state index contributed by atoms with van der Waals surface area (Å²) in [7, 11) is 0. The first-order valence-electron chi connectivity index (χ1n) is 4.53. The Morgan fingerprint density at radius 1 is 1.62 bits per heavy atom. The van der Waals surface area contributed by atoms with E-state index in [-0.39, 0.29) is 12.2 Å². The van der Waals surface area contributed by atoms with Crippen molar-refractivity contribution in [2.75, 3.05) is 0 Å². The highest BCUT2D eigenvalue weighted by Gasteiger charge is 2.28. The van der Waals surface area contributed by atoms with Crippen LogP contribution in [0.5, 0.6) is 0 Å². The minimum Gasteiger partial charge on any atom is -0.468 e. The summed E-state index contributed by atoms with van der Waals surface area (Å²) in [5, 5.41) is 9.33. The van der Waals surface area contributed by atoms with Crippen molar-refractivity contribution in [3.8, 4) is 0 Å². The molecule has 0 aliphatic heterocycles. The SMILES string of the molecule is CCc1coc2c1C(=O)CC(O)C2. The van der Waals surface area contributed by atoms with Crippen molar-refractivity contribution in [3.05, 3.63) is 23.2 Å². The summed E-state index contributed by atoms with van der Waals surface area (Å²) >= 11 is 0. The monoisotopic (exact) mass is 180 g/mol. The third-order valence-electron chi connectivity index (χ3n) is 2.45. The Bertz CT molecular complexity index is 338. The van der Waals surface area contributed by atoms with Gasteiger partial charge in [-0.15, -0.1) is 0 Å². The normalized spacial score (nSPS) is 21.7. The fourth-order valence-electron chi connectivity index (χ4n) is 1.79. The van der Waals surface area contributed by atoms with E-state index >= 15 is 0 Å². The molecule has 2 rings (SSSR count). The van der Waals surface area contributed by atoms with Crippen LogP contribution < -0.4 is 0 Å². The number of hydrogen-bond acceptors (Lipinski definition) is 3. The molecule has 1 aromatic rings. The molecule has 1 N–H and O–H groups in total. The van der Waals surface area contributed by atoms with Gasteiger partial charge in [0.15, 0.2) is 5.78 Å². The lowest BCUT2D eigenvalue weighted by Gasteiger charge is -2.15. The highest BCUT2D eigenvalue weighted by Crippen LogP contribution is 2.26. The number of carbonyl (C=O) groups excluding carboxylic acids is 1. The van der Waals surface area contributed by atoms with Gasteiger partial charge in [-0.1, -0.05) is 6.92 Å². The third kappa shape index (κ3) is 1.29. The first kappa shape index (κ1) is 8.51. The molecule has 13 heavy (non-hydrogen) atoms. The molecular weight excluding hydrogens is 168 g/mol. The molecule has 70 valence electrons. The van der Waals surface area contributed by atoms with Gasteiger partial charge < -0.3 is 9.52 Å². The molecule has 0 spiro atoms. The molecule has 0 bridgehead atoms. The first-order valence-corrected chi connectivity index (χ1v) is 4.53. The van der Waals surface area contributed by atoms with E-state index in [4.69, 9.17) is 4.42 Å². The van der Waals surface area contributed by atoms with Gasteiger partial charge in [-0.25, -0.2) is 0 Å². The number of ketones is 1. The van der Waals surface area contributed by atoms with Crippen LogP contribution in [0, 0.1) is 0 Å². The van der Waals surface area contributed by atoms with Gasteiger partial charge in [0.2, 0.25) is 0 Å². The summed E-state index contributed by atoms with van der Waals surface area (Å²) < 4.78 is 5.24. The predicted molar refractivity (Wildman–Crippen MR) is 46.7 cm³/mol. The number of aliphatic hydroxyl groups excluding tert-OH is 1. The molecule has 1 aromatic heterocycles. The quantitative estimate of drug-likeness (QED) is 0.709. The Morgan fingerprint density at radius 2 is 2.38 bits per heavy atom. The maximum atomic E-state index is 11.5. The molecule has 0 saturated carbocycles. The minimum absolute atomic E-state index is 0.0133. The van der Waals surface area contributed by atoms with Gasteiger partial charge >= 0.3 is 0 Å². The van der Waals surface area contributed by atoms with Crippen molar-refractivity contribution in [2.45, 2.75) is 32.3 Å². The minimum atomic E-state index is -0.559. The molecule has 1 heterocycles. The van der Waals surface area contributed by atoms with Crippen molar-refractivity contribution in [1.82, 2.24) is 0 Å². The van der Waals surface area contributed by atoms with E-state index in [0.717, 1.165) is 12.0 Å². The molecule has 0 saturated heterocycles. The standard InChI is InChI=1S/C10H12O3/c1-2-6-5-13-9-4-7(11)3-8(12)10(6)9/h5,7,11H,2-4H2,1H3. The first-order chi connectivity index (χ1) is 6.22. The van der Waals surface area contributed by atoms with Crippen molar-refractivity contribution in [2.24, 2.45) is 0 Å². The number of aliphatic hydroxyl groups is 1. The lowest BCUT2D eigenvalue weighted by Crippen LogP contribution is -2.23. The number of Topliss-reactive ketones (excluding diaryl/α,β-unsaturated/α-hetero) is 1. The predicted octanol–water partition coefficient (Wildman–Crippen LogP) is 1.33. The Balaban J connectivity index is 2.46. The number of aryl methyl sites for hydroxylation is 1. The molecule has 0 aromatic carbocycles. The Labute approximate surface area is 76.4 Å². The van der Waals surface area contributed by atoms with Crippen LogP contribution in [0.1, 0.15) is 35.0 Å². The van der Waals surface area contributed by atoms with Gasteiger partial charge in [0.1, 0.15) is 5.76 Å². The van der Waals surface area contributed by atoms with Crippen LogP contribution in [-0.2, 0) is 12.8 Å². The molecular formula is C10H12O3. The topological polar surface area (TPSA) is 50.4 Å². The molecule has 0 amide bonds. The third-order valence-corrected chi connectivity index (χ3v) is 2.45. The Morgan fingerprint density at radius 3 is 3.08 bits per heavy atom. The summed E-state index contributed by atoms with van der Waals surface area (Å²) in [6.07, 6.45) is 2.58. The molecule has 1 aliphatic carbocycles. The zero-order valence-electron chi connectivity index (χ0n) is 7.54. The zero-order valence-corrected chi connectivity index (χ0v) is 7.54. The van der Waals surface area contributed by atoms with Crippen molar-refractivity contribution < 1.29 is 14.3 Å². The second-order valence-electron chi connectivity index (χ2n) is 3.40. The highest BCUT2D eigenvalue weighted by atomic mass is 16.3. The zero-order chi connectivity index (χ0) is 9.42. The van der Waals surface area contributed by atoms with Gasteiger partial charge in [0.05, 0.1) is 17.9 Å². The lowest BCUT2D eigenvalue weighted by atomic mass is 9.91. The van der Waals surface area contributed by atoms with Crippen molar-refractivity contribution in [1.29, 1.82) is 0 Å². The number of carbonyl (C=O) groups is 1. The molecule has 1 aliphatic rings. The van der Waals surface area contributed by atoms with E-state index in [9.17, 15) is 9.90 Å². The lowest BCUT2D eigenvalue weighted by molar-refractivity contribution is 0.0837.